The predicted molar refractivity (Wildman–Crippen MR) is 72.6 cm³/mol. The Balaban J connectivity index is 2.56. The Kier molecular flexibility index (Phi) is 7.44. The van der Waals surface area contributed by atoms with Crippen LogP contribution in [0.1, 0.15) is 25.3 Å². The summed E-state index contributed by atoms with van der Waals surface area (Å²) in [6, 6.07) is 1.54. The molecule has 8 nitrogen and oxygen atoms in total. The number of pyridine rings is 1. The fourth-order valence-electron chi connectivity index (χ4n) is 1.46. The van der Waals surface area contributed by atoms with E-state index in [1.165, 1.54) is 19.4 Å². The normalized spacial score (nSPS) is 11.8. The summed E-state index contributed by atoms with van der Waals surface area (Å²) in [4.78, 5) is 15.2. The summed E-state index contributed by atoms with van der Waals surface area (Å²) in [5.41, 5.74) is 5.47. The zero-order valence-electron chi connectivity index (χ0n) is 12.1. The highest BCUT2D eigenvalue weighted by Gasteiger charge is 2.17. The van der Waals surface area contributed by atoms with Crippen LogP contribution in [0.5, 0.6) is 11.5 Å². The first kappa shape index (κ1) is 17.2. The number of carbonyl (C=O) groups is 1. The van der Waals surface area contributed by atoms with Crippen LogP contribution in [0, 0.1) is 0 Å². The first-order valence-electron chi connectivity index (χ1n) is 6.42. The zero-order valence-corrected chi connectivity index (χ0v) is 12.1. The molecule has 1 aromatic heterocycles. The van der Waals surface area contributed by atoms with Gasteiger partial charge in [0.1, 0.15) is 18.5 Å². The molecule has 118 valence electrons. The number of aliphatic hydroxyl groups is 1. The first-order valence-corrected chi connectivity index (χ1v) is 6.42. The highest BCUT2D eigenvalue weighted by molar-refractivity contribution is 5.70. The molecule has 0 saturated carbocycles. The molecule has 3 N–H and O–H groups in total. The number of ether oxygens (including phenoxy) is 4. The molecule has 1 heterocycles. The van der Waals surface area contributed by atoms with Crippen molar-refractivity contribution < 1.29 is 28.8 Å². The van der Waals surface area contributed by atoms with Crippen LogP contribution in [-0.2, 0) is 14.3 Å². The summed E-state index contributed by atoms with van der Waals surface area (Å²) < 4.78 is 20.2. The van der Waals surface area contributed by atoms with Crippen molar-refractivity contribution in [3.8, 4) is 11.5 Å². The smallest absolute Gasteiger partial charge is 0.334 e. The highest BCUT2D eigenvalue weighted by Crippen LogP contribution is 2.31. The van der Waals surface area contributed by atoms with Crippen molar-refractivity contribution in [3.05, 3.63) is 18.0 Å². The maximum atomic E-state index is 11.3. The SMILES string of the molecule is CCCOCC(=O)OCOc1c(OC)ccnc1C(N)O. The lowest BCUT2D eigenvalue weighted by molar-refractivity contribution is -0.155. The van der Waals surface area contributed by atoms with Gasteiger partial charge in [0.2, 0.25) is 6.79 Å². The van der Waals surface area contributed by atoms with Gasteiger partial charge in [-0.3, -0.25) is 4.98 Å². The van der Waals surface area contributed by atoms with E-state index < -0.39 is 12.2 Å². The monoisotopic (exact) mass is 300 g/mol. The quantitative estimate of drug-likeness (QED) is 0.381. The minimum Gasteiger partial charge on any atom is -0.493 e. The van der Waals surface area contributed by atoms with Gasteiger partial charge in [0.25, 0.3) is 0 Å². The Morgan fingerprint density at radius 3 is 2.90 bits per heavy atom. The van der Waals surface area contributed by atoms with Crippen LogP contribution in [0.25, 0.3) is 0 Å². The number of nitrogens with zero attached hydrogens (tertiary/aromatic N) is 1. The van der Waals surface area contributed by atoms with Crippen molar-refractivity contribution in [2.45, 2.75) is 19.6 Å². The molecule has 0 amide bonds. The van der Waals surface area contributed by atoms with E-state index in [0.29, 0.717) is 12.4 Å². The van der Waals surface area contributed by atoms with Crippen molar-refractivity contribution >= 4 is 5.97 Å². The third-order valence-corrected chi connectivity index (χ3v) is 2.39. The zero-order chi connectivity index (χ0) is 15.7. The summed E-state index contributed by atoms with van der Waals surface area (Å²) >= 11 is 0. The lowest BCUT2D eigenvalue weighted by atomic mass is 10.3. The number of carbonyl (C=O) groups excluding carboxylic acids is 1. The van der Waals surface area contributed by atoms with Crippen molar-refractivity contribution in [1.82, 2.24) is 4.98 Å². The predicted octanol–water partition coefficient (Wildman–Crippen LogP) is 0.346. The Morgan fingerprint density at radius 1 is 1.52 bits per heavy atom. The molecule has 0 aliphatic heterocycles. The maximum absolute atomic E-state index is 11.3. The first-order chi connectivity index (χ1) is 10.1. The molecule has 0 spiro atoms. The standard InChI is InChI=1S/C13H20N2O6/c1-3-6-19-7-10(16)20-8-21-12-9(18-2)4-5-15-11(12)13(14)17/h4-5,13,17H,3,6-8,14H2,1-2H3. The maximum Gasteiger partial charge on any atom is 0.334 e. The summed E-state index contributed by atoms with van der Waals surface area (Å²) in [6.07, 6.45) is 0.898. The van der Waals surface area contributed by atoms with E-state index in [4.69, 9.17) is 24.7 Å². The fourth-order valence-corrected chi connectivity index (χ4v) is 1.46. The highest BCUT2D eigenvalue weighted by atomic mass is 16.7. The summed E-state index contributed by atoms with van der Waals surface area (Å²) in [6.45, 7) is 1.91. The molecule has 1 rings (SSSR count). The summed E-state index contributed by atoms with van der Waals surface area (Å²) in [5.74, 6) is -0.110. The molecule has 8 heteroatoms. The van der Waals surface area contributed by atoms with Crippen molar-refractivity contribution in [3.63, 3.8) is 0 Å². The lowest BCUT2D eigenvalue weighted by Gasteiger charge is -2.15. The van der Waals surface area contributed by atoms with Gasteiger partial charge in [0, 0.05) is 18.9 Å². The van der Waals surface area contributed by atoms with Gasteiger partial charge in [-0.15, -0.1) is 0 Å². The molecule has 0 aromatic carbocycles. The molecule has 0 radical (unpaired) electrons. The molecule has 0 aliphatic rings. The molecule has 0 saturated heterocycles. The molecule has 1 aromatic rings. The minimum absolute atomic E-state index is 0.0904. The second-order valence-electron chi connectivity index (χ2n) is 4.00. The van der Waals surface area contributed by atoms with E-state index in [2.05, 4.69) is 4.98 Å². The van der Waals surface area contributed by atoms with E-state index in [1.54, 1.807) is 0 Å². The Labute approximate surface area is 122 Å². The van der Waals surface area contributed by atoms with Gasteiger partial charge in [0.05, 0.1) is 7.11 Å². The number of methoxy groups -OCH3 is 1. The lowest BCUT2D eigenvalue weighted by Crippen LogP contribution is -2.18. The van der Waals surface area contributed by atoms with Crippen LogP contribution in [-0.4, -0.2) is 43.2 Å². The van der Waals surface area contributed by atoms with E-state index in [1.807, 2.05) is 6.92 Å². The molecular weight excluding hydrogens is 280 g/mol. The van der Waals surface area contributed by atoms with Crippen LogP contribution in [0.4, 0.5) is 0 Å². The molecule has 0 bridgehead atoms. The van der Waals surface area contributed by atoms with Crippen LogP contribution >= 0.6 is 0 Å². The molecule has 1 unspecified atom stereocenters. The van der Waals surface area contributed by atoms with Crippen molar-refractivity contribution in [2.75, 3.05) is 27.1 Å². The van der Waals surface area contributed by atoms with Gasteiger partial charge in [-0.25, -0.2) is 4.79 Å². The van der Waals surface area contributed by atoms with E-state index >= 15 is 0 Å². The van der Waals surface area contributed by atoms with Gasteiger partial charge >= 0.3 is 5.97 Å². The van der Waals surface area contributed by atoms with Crippen LogP contribution in [0.15, 0.2) is 12.3 Å². The number of aromatic nitrogens is 1. The third-order valence-electron chi connectivity index (χ3n) is 2.39. The average molecular weight is 300 g/mol. The second-order valence-corrected chi connectivity index (χ2v) is 4.00. The number of rotatable bonds is 9. The van der Waals surface area contributed by atoms with Crippen molar-refractivity contribution in [2.24, 2.45) is 5.73 Å². The van der Waals surface area contributed by atoms with Gasteiger partial charge in [-0.1, -0.05) is 6.92 Å². The Bertz CT molecular complexity index is 452. The number of aliphatic hydroxyl groups excluding tert-OH is 1. The Morgan fingerprint density at radius 2 is 2.29 bits per heavy atom. The van der Waals surface area contributed by atoms with Gasteiger partial charge in [-0.2, -0.15) is 0 Å². The topological polar surface area (TPSA) is 113 Å². The molecule has 0 fully saturated rings. The van der Waals surface area contributed by atoms with Crippen LogP contribution in [0.3, 0.4) is 0 Å². The fraction of sp³-hybridized carbons (Fsp3) is 0.538. The van der Waals surface area contributed by atoms with E-state index in [-0.39, 0.29) is 24.8 Å². The molecule has 1 atom stereocenters. The number of esters is 1. The van der Waals surface area contributed by atoms with Crippen molar-refractivity contribution in [1.29, 1.82) is 0 Å². The largest absolute Gasteiger partial charge is 0.493 e. The molecule has 0 aliphatic carbocycles. The average Bonchev–Trinajstić information content (AvgIpc) is 2.47. The summed E-state index contributed by atoms with van der Waals surface area (Å²) in [7, 11) is 1.43. The van der Waals surface area contributed by atoms with Gasteiger partial charge < -0.3 is 29.8 Å². The van der Waals surface area contributed by atoms with Crippen LogP contribution in [0.2, 0.25) is 0 Å². The number of nitrogens with two attached hydrogens (primary N) is 1. The van der Waals surface area contributed by atoms with Gasteiger partial charge in [0.15, 0.2) is 11.5 Å². The third kappa shape index (κ3) is 5.54. The summed E-state index contributed by atoms with van der Waals surface area (Å²) in [5, 5.41) is 9.43. The molecule has 21 heavy (non-hydrogen) atoms. The molecular formula is C13H20N2O6. The van der Waals surface area contributed by atoms with Gasteiger partial charge in [-0.05, 0) is 6.42 Å². The minimum atomic E-state index is -1.33. The van der Waals surface area contributed by atoms with E-state index in [9.17, 15) is 9.90 Å². The second kappa shape index (κ2) is 9.11. The number of hydrogen-bond donors (Lipinski definition) is 2. The van der Waals surface area contributed by atoms with Crippen LogP contribution < -0.4 is 15.2 Å². The Hall–Kier alpha value is -1.90. The number of hydrogen-bond acceptors (Lipinski definition) is 8. The van der Waals surface area contributed by atoms with E-state index in [0.717, 1.165) is 6.42 Å².